The van der Waals surface area contributed by atoms with Gasteiger partial charge in [0, 0.05) is 17.3 Å². The molecule has 2 amide bonds. The van der Waals surface area contributed by atoms with E-state index in [-0.39, 0.29) is 16.5 Å². The summed E-state index contributed by atoms with van der Waals surface area (Å²) >= 11 is 13.2. The molecule has 0 aliphatic carbocycles. The number of amides is 2. The van der Waals surface area contributed by atoms with Crippen molar-refractivity contribution < 1.29 is 9.59 Å². The van der Waals surface area contributed by atoms with E-state index in [2.05, 4.69) is 10.3 Å². The number of nitrogens with one attached hydrogen (secondary N) is 1. The van der Waals surface area contributed by atoms with Crippen LogP contribution in [0, 0.1) is 25.2 Å². The summed E-state index contributed by atoms with van der Waals surface area (Å²) in [5.74, 6) is -0.836. The maximum Gasteiger partial charge on any atom is 0.266 e. The maximum absolute atomic E-state index is 12.5. The quantitative estimate of drug-likeness (QED) is 0.340. The summed E-state index contributed by atoms with van der Waals surface area (Å²) in [5, 5.41) is 14.8. The summed E-state index contributed by atoms with van der Waals surface area (Å²) < 4.78 is 0. The maximum atomic E-state index is 12.5. The number of hydrogen-bond acceptors (Lipinski definition) is 5. The summed E-state index contributed by atoms with van der Waals surface area (Å²) in [6.45, 7) is 5.42. The van der Waals surface area contributed by atoms with Gasteiger partial charge in [-0.05, 0) is 61.4 Å². The molecule has 0 spiro atoms. The number of nitriles is 1. The number of thiazole rings is 1. The van der Waals surface area contributed by atoms with Crippen LogP contribution < -0.4 is 10.2 Å². The molecule has 3 aromatic rings. The van der Waals surface area contributed by atoms with Crippen LogP contribution in [-0.4, -0.2) is 16.8 Å². The molecule has 0 aliphatic rings. The van der Waals surface area contributed by atoms with Crippen LogP contribution in [0.1, 0.15) is 23.7 Å². The van der Waals surface area contributed by atoms with Gasteiger partial charge < -0.3 is 5.32 Å². The van der Waals surface area contributed by atoms with Crippen molar-refractivity contribution in [2.75, 3.05) is 10.2 Å². The van der Waals surface area contributed by atoms with Gasteiger partial charge >= 0.3 is 0 Å². The third-order valence-electron chi connectivity index (χ3n) is 4.60. The van der Waals surface area contributed by atoms with Crippen molar-refractivity contribution in [3.63, 3.8) is 0 Å². The number of benzene rings is 2. The van der Waals surface area contributed by atoms with E-state index in [1.165, 1.54) is 35.3 Å². The first-order valence-corrected chi connectivity index (χ1v) is 11.0. The Morgan fingerprint density at radius 1 is 1.16 bits per heavy atom. The van der Waals surface area contributed by atoms with E-state index in [1.807, 2.05) is 38.1 Å². The van der Waals surface area contributed by atoms with Crippen LogP contribution >= 0.6 is 34.5 Å². The summed E-state index contributed by atoms with van der Waals surface area (Å²) in [6.07, 6.45) is 1.36. The van der Waals surface area contributed by atoms with Gasteiger partial charge in [0.05, 0.1) is 22.1 Å². The molecule has 9 heteroatoms. The van der Waals surface area contributed by atoms with Crippen molar-refractivity contribution in [1.82, 2.24) is 4.98 Å². The normalized spacial score (nSPS) is 11.1. The number of halogens is 2. The molecule has 0 aliphatic heterocycles. The minimum Gasteiger partial charge on any atom is -0.320 e. The average molecular weight is 485 g/mol. The molecule has 0 unspecified atom stereocenters. The molecule has 6 nitrogen and oxygen atoms in total. The van der Waals surface area contributed by atoms with Gasteiger partial charge in [0.25, 0.3) is 5.91 Å². The van der Waals surface area contributed by atoms with Crippen LogP contribution in [-0.2, 0) is 9.59 Å². The number of carbonyl (C=O) groups is 2. The van der Waals surface area contributed by atoms with Gasteiger partial charge in [0.15, 0.2) is 5.13 Å². The predicted octanol–water partition coefficient (Wildman–Crippen LogP) is 6.30. The SMILES string of the molecule is CC(=O)N(c1ccc(C)c(C)c1)c1nc(/C=C(\C#N)C(=O)Nc2ccc(Cl)cc2Cl)cs1. The molecule has 0 atom stereocenters. The molecule has 162 valence electrons. The molecule has 1 aromatic heterocycles. The topological polar surface area (TPSA) is 86.1 Å². The molecular formula is C23H18Cl2N4O2S. The zero-order valence-corrected chi connectivity index (χ0v) is 19.8. The highest BCUT2D eigenvalue weighted by Gasteiger charge is 2.19. The van der Waals surface area contributed by atoms with Gasteiger partial charge in [-0.25, -0.2) is 4.98 Å². The van der Waals surface area contributed by atoms with Gasteiger partial charge in [-0.15, -0.1) is 11.3 Å². The van der Waals surface area contributed by atoms with Gasteiger partial charge in [0.2, 0.25) is 5.91 Å². The zero-order valence-electron chi connectivity index (χ0n) is 17.4. The monoisotopic (exact) mass is 484 g/mol. The number of nitrogens with zero attached hydrogens (tertiary/aromatic N) is 3. The highest BCUT2D eigenvalue weighted by Crippen LogP contribution is 2.31. The highest BCUT2D eigenvalue weighted by molar-refractivity contribution is 7.14. The first kappa shape index (κ1) is 23.5. The smallest absolute Gasteiger partial charge is 0.266 e. The molecular weight excluding hydrogens is 467 g/mol. The Balaban J connectivity index is 1.87. The molecule has 3 rings (SSSR count). The van der Waals surface area contributed by atoms with Gasteiger partial charge in [-0.3, -0.25) is 14.5 Å². The molecule has 0 fully saturated rings. The zero-order chi connectivity index (χ0) is 23.4. The standard InChI is InChI=1S/C23H18Cl2N4O2S/c1-13-4-6-19(8-14(13)2)29(15(3)30)23-27-18(12-32-23)9-16(11-26)22(31)28-21-7-5-17(24)10-20(21)25/h4-10,12H,1-3H3,(H,28,31)/b16-9+. The number of carbonyl (C=O) groups excluding carboxylic acids is 2. The lowest BCUT2D eigenvalue weighted by molar-refractivity contribution is -0.116. The third kappa shape index (κ3) is 5.35. The lowest BCUT2D eigenvalue weighted by atomic mass is 10.1. The number of aromatic nitrogens is 1. The average Bonchev–Trinajstić information content (AvgIpc) is 3.18. The molecule has 32 heavy (non-hydrogen) atoms. The Kier molecular flexibility index (Phi) is 7.31. The van der Waals surface area contributed by atoms with Crippen molar-refractivity contribution in [3.8, 4) is 6.07 Å². The Morgan fingerprint density at radius 2 is 1.91 bits per heavy atom. The predicted molar refractivity (Wildman–Crippen MR) is 130 cm³/mol. The van der Waals surface area contributed by atoms with Crippen LogP contribution in [0.3, 0.4) is 0 Å². The van der Waals surface area contributed by atoms with Crippen LogP contribution in [0.4, 0.5) is 16.5 Å². The van der Waals surface area contributed by atoms with Gasteiger partial charge in [-0.2, -0.15) is 5.26 Å². The van der Waals surface area contributed by atoms with E-state index in [0.717, 1.165) is 11.1 Å². The second-order valence-electron chi connectivity index (χ2n) is 6.93. The molecule has 0 saturated heterocycles. The first-order valence-electron chi connectivity index (χ1n) is 9.41. The molecule has 1 heterocycles. The molecule has 0 saturated carbocycles. The molecule has 2 aromatic carbocycles. The van der Waals surface area contributed by atoms with Crippen LogP contribution in [0.15, 0.2) is 47.4 Å². The summed E-state index contributed by atoms with van der Waals surface area (Å²) in [5.41, 5.74) is 3.42. The van der Waals surface area contributed by atoms with Crippen molar-refractivity contribution >= 4 is 68.9 Å². The fourth-order valence-electron chi connectivity index (χ4n) is 2.81. The Labute approximate surface area is 199 Å². The second kappa shape index (κ2) is 9.96. The molecule has 0 radical (unpaired) electrons. The summed E-state index contributed by atoms with van der Waals surface area (Å²) in [7, 11) is 0. The lowest BCUT2D eigenvalue weighted by Gasteiger charge is -2.19. The van der Waals surface area contributed by atoms with E-state index < -0.39 is 5.91 Å². The lowest BCUT2D eigenvalue weighted by Crippen LogP contribution is -2.22. The number of aryl methyl sites for hydroxylation is 2. The van der Waals surface area contributed by atoms with E-state index in [1.54, 1.807) is 17.5 Å². The van der Waals surface area contributed by atoms with Crippen molar-refractivity contribution in [3.05, 3.63) is 74.2 Å². The second-order valence-corrected chi connectivity index (χ2v) is 8.61. The largest absolute Gasteiger partial charge is 0.320 e. The van der Waals surface area contributed by atoms with E-state index >= 15 is 0 Å². The van der Waals surface area contributed by atoms with Crippen molar-refractivity contribution in [2.24, 2.45) is 0 Å². The van der Waals surface area contributed by atoms with Crippen molar-refractivity contribution in [2.45, 2.75) is 20.8 Å². The highest BCUT2D eigenvalue weighted by atomic mass is 35.5. The van der Waals surface area contributed by atoms with E-state index in [4.69, 9.17) is 23.2 Å². The van der Waals surface area contributed by atoms with Crippen molar-refractivity contribution in [1.29, 1.82) is 5.26 Å². The fourth-order valence-corrected chi connectivity index (χ4v) is 4.11. The first-order chi connectivity index (χ1) is 15.2. The third-order valence-corrected chi connectivity index (χ3v) is 5.99. The van der Waals surface area contributed by atoms with Crippen LogP contribution in [0.5, 0.6) is 0 Å². The van der Waals surface area contributed by atoms with Gasteiger partial charge in [-0.1, -0.05) is 29.3 Å². The Morgan fingerprint density at radius 3 is 2.53 bits per heavy atom. The minimum atomic E-state index is -0.635. The van der Waals surface area contributed by atoms with Gasteiger partial charge in [0.1, 0.15) is 11.6 Å². The number of hydrogen-bond donors (Lipinski definition) is 1. The fraction of sp³-hybridized carbons (Fsp3) is 0.130. The Hall–Kier alpha value is -3.18. The minimum absolute atomic E-state index is 0.159. The molecule has 1 N–H and O–H groups in total. The summed E-state index contributed by atoms with van der Waals surface area (Å²) in [6, 6.07) is 12.2. The summed E-state index contributed by atoms with van der Waals surface area (Å²) in [4.78, 5) is 30.8. The van der Waals surface area contributed by atoms with E-state index in [0.29, 0.717) is 27.2 Å². The Bertz CT molecular complexity index is 1280. The number of rotatable bonds is 5. The number of anilines is 3. The van der Waals surface area contributed by atoms with E-state index in [9.17, 15) is 14.9 Å². The van der Waals surface area contributed by atoms with Crippen LogP contribution in [0.2, 0.25) is 10.0 Å². The molecule has 0 bridgehead atoms. The van der Waals surface area contributed by atoms with Crippen LogP contribution in [0.25, 0.3) is 6.08 Å².